The summed E-state index contributed by atoms with van der Waals surface area (Å²) in [6.45, 7) is -0.293. The third-order valence-electron chi connectivity index (χ3n) is 4.18. The van der Waals surface area contributed by atoms with Gasteiger partial charge in [0.25, 0.3) is 16.8 Å². The minimum absolute atomic E-state index is 0.0272. The molecule has 1 aliphatic rings. The minimum atomic E-state index is -0.810. The molecule has 1 saturated heterocycles. The van der Waals surface area contributed by atoms with Gasteiger partial charge in [0.2, 0.25) is 5.75 Å². The van der Waals surface area contributed by atoms with Gasteiger partial charge in [-0.15, -0.1) is 0 Å². The number of nitrogens with zero attached hydrogens (tertiary/aromatic N) is 3. The molecule has 2 amide bonds. The Bertz CT molecular complexity index is 1110. The lowest BCUT2D eigenvalue weighted by atomic mass is 10.1. The molecule has 1 fully saturated rings. The number of ether oxygens (including phenoxy) is 1. The SMILES string of the molecule is COc1cc(/C=C2/SC(=O)N(Cc3ccccc3[N+](=O)[O-])C2=O)cc([N+](=O)[O-])c1O. The van der Waals surface area contributed by atoms with E-state index in [0.717, 1.165) is 11.0 Å². The van der Waals surface area contributed by atoms with Crippen LogP contribution in [0.2, 0.25) is 0 Å². The van der Waals surface area contributed by atoms with Crippen molar-refractivity contribution in [2.75, 3.05) is 7.11 Å². The van der Waals surface area contributed by atoms with E-state index in [1.165, 1.54) is 37.5 Å². The molecule has 3 rings (SSSR count). The molecule has 154 valence electrons. The maximum Gasteiger partial charge on any atom is 0.315 e. The molecule has 1 N–H and O–H groups in total. The van der Waals surface area contributed by atoms with Crippen LogP contribution < -0.4 is 4.74 Å². The molecule has 11 nitrogen and oxygen atoms in total. The summed E-state index contributed by atoms with van der Waals surface area (Å²) in [4.78, 5) is 46.7. The van der Waals surface area contributed by atoms with Gasteiger partial charge < -0.3 is 9.84 Å². The average Bonchev–Trinajstić information content (AvgIpc) is 2.96. The molecule has 0 bridgehead atoms. The highest BCUT2D eigenvalue weighted by Crippen LogP contribution is 2.39. The summed E-state index contributed by atoms with van der Waals surface area (Å²) in [7, 11) is 1.21. The number of para-hydroxylation sites is 1. The minimum Gasteiger partial charge on any atom is -0.500 e. The van der Waals surface area contributed by atoms with Gasteiger partial charge >= 0.3 is 5.69 Å². The number of thioether (sulfide) groups is 1. The summed E-state index contributed by atoms with van der Waals surface area (Å²) in [5.74, 6) is -1.53. The van der Waals surface area contributed by atoms with E-state index in [2.05, 4.69) is 0 Å². The van der Waals surface area contributed by atoms with Gasteiger partial charge in [-0.05, 0) is 29.5 Å². The number of nitro benzene ring substituents is 2. The van der Waals surface area contributed by atoms with Crippen LogP contribution in [0.15, 0.2) is 41.3 Å². The Morgan fingerprint density at radius 2 is 1.80 bits per heavy atom. The average molecular weight is 431 g/mol. The number of nitro groups is 2. The highest BCUT2D eigenvalue weighted by atomic mass is 32.2. The van der Waals surface area contributed by atoms with Crippen LogP contribution in [-0.2, 0) is 11.3 Å². The van der Waals surface area contributed by atoms with Crippen molar-refractivity contribution >= 4 is 40.4 Å². The zero-order valence-corrected chi connectivity index (χ0v) is 16.1. The number of phenolic OH excluding ortho intramolecular Hbond substituents is 1. The third-order valence-corrected chi connectivity index (χ3v) is 5.09. The maximum absolute atomic E-state index is 12.7. The number of carbonyl (C=O) groups is 2. The Kier molecular flexibility index (Phi) is 5.69. The molecule has 1 aliphatic heterocycles. The van der Waals surface area contributed by atoms with Gasteiger partial charge in [-0.25, -0.2) is 0 Å². The fourth-order valence-electron chi connectivity index (χ4n) is 2.77. The van der Waals surface area contributed by atoms with Crippen molar-refractivity contribution in [3.8, 4) is 11.5 Å². The van der Waals surface area contributed by atoms with E-state index in [0.29, 0.717) is 11.8 Å². The number of imide groups is 1. The fourth-order valence-corrected chi connectivity index (χ4v) is 3.61. The van der Waals surface area contributed by atoms with Crippen LogP contribution in [0, 0.1) is 20.2 Å². The van der Waals surface area contributed by atoms with E-state index >= 15 is 0 Å². The number of rotatable bonds is 6. The van der Waals surface area contributed by atoms with E-state index < -0.39 is 32.4 Å². The summed E-state index contributed by atoms with van der Waals surface area (Å²) in [6.07, 6.45) is 1.25. The first-order chi connectivity index (χ1) is 14.2. The number of hydrogen-bond donors (Lipinski definition) is 1. The largest absolute Gasteiger partial charge is 0.500 e. The van der Waals surface area contributed by atoms with Crippen LogP contribution in [0.4, 0.5) is 16.2 Å². The molecule has 2 aromatic rings. The summed E-state index contributed by atoms with van der Waals surface area (Å²) < 4.78 is 4.91. The van der Waals surface area contributed by atoms with Crippen molar-refractivity contribution in [2.24, 2.45) is 0 Å². The van der Waals surface area contributed by atoms with E-state index in [-0.39, 0.29) is 34.0 Å². The molecule has 0 aromatic heterocycles. The Morgan fingerprint density at radius 1 is 1.13 bits per heavy atom. The van der Waals surface area contributed by atoms with Crippen LogP contribution in [0.25, 0.3) is 6.08 Å². The summed E-state index contributed by atoms with van der Waals surface area (Å²) in [5.41, 5.74) is -0.500. The van der Waals surface area contributed by atoms with Crippen LogP contribution in [0.1, 0.15) is 11.1 Å². The van der Waals surface area contributed by atoms with Crippen LogP contribution in [0.5, 0.6) is 11.5 Å². The van der Waals surface area contributed by atoms with Crippen molar-refractivity contribution in [3.05, 3.63) is 72.7 Å². The number of benzene rings is 2. The topological polar surface area (TPSA) is 153 Å². The molecule has 0 atom stereocenters. The molecule has 30 heavy (non-hydrogen) atoms. The van der Waals surface area contributed by atoms with E-state index in [1.54, 1.807) is 6.07 Å². The van der Waals surface area contributed by atoms with Gasteiger partial charge in [-0.2, -0.15) is 0 Å². The quantitative estimate of drug-likeness (QED) is 0.411. The van der Waals surface area contributed by atoms with Gasteiger partial charge in [0.1, 0.15) is 0 Å². The lowest BCUT2D eigenvalue weighted by Gasteiger charge is -2.12. The Hall–Kier alpha value is -3.93. The zero-order valence-electron chi connectivity index (χ0n) is 15.3. The Balaban J connectivity index is 1.94. The normalized spacial score (nSPS) is 15.0. The molecular weight excluding hydrogens is 418 g/mol. The molecule has 0 saturated carbocycles. The van der Waals surface area contributed by atoms with E-state index in [4.69, 9.17) is 4.74 Å². The molecular formula is C18H13N3O8S. The van der Waals surface area contributed by atoms with Crippen LogP contribution >= 0.6 is 11.8 Å². The number of aromatic hydroxyl groups is 1. The van der Waals surface area contributed by atoms with Crippen molar-refractivity contribution in [3.63, 3.8) is 0 Å². The Morgan fingerprint density at radius 3 is 2.43 bits per heavy atom. The highest BCUT2D eigenvalue weighted by Gasteiger charge is 2.36. The van der Waals surface area contributed by atoms with E-state index in [9.17, 15) is 34.9 Å². The summed E-state index contributed by atoms with van der Waals surface area (Å²) in [6, 6.07) is 8.05. The van der Waals surface area contributed by atoms with Crippen molar-refractivity contribution in [1.29, 1.82) is 0 Å². The van der Waals surface area contributed by atoms with Crippen molar-refractivity contribution in [2.45, 2.75) is 6.54 Å². The third kappa shape index (κ3) is 3.93. The molecule has 0 spiro atoms. The number of phenols is 1. The zero-order chi connectivity index (χ0) is 22.0. The van der Waals surface area contributed by atoms with Crippen molar-refractivity contribution in [1.82, 2.24) is 4.90 Å². The molecule has 12 heteroatoms. The monoisotopic (exact) mass is 431 g/mol. The lowest BCUT2D eigenvalue weighted by Crippen LogP contribution is -2.27. The summed E-state index contributed by atoms with van der Waals surface area (Å²) >= 11 is 0.598. The standard InChI is InChI=1S/C18H13N3O8S/c1-29-14-7-10(6-13(16(14)22)21(27)28)8-15-17(23)19(18(24)30-15)9-11-4-2-3-5-12(11)20(25)26/h2-8,22H,9H2,1H3/b15-8+. The molecule has 0 radical (unpaired) electrons. The number of carbonyl (C=O) groups excluding carboxylic acids is 2. The number of methoxy groups -OCH3 is 1. The maximum atomic E-state index is 12.7. The predicted molar refractivity (Wildman–Crippen MR) is 106 cm³/mol. The number of hydrogen-bond acceptors (Lipinski definition) is 9. The molecule has 0 aliphatic carbocycles. The molecule has 2 aromatic carbocycles. The first-order valence-corrected chi connectivity index (χ1v) is 9.07. The van der Waals surface area contributed by atoms with Crippen molar-refractivity contribution < 1.29 is 29.3 Å². The van der Waals surface area contributed by atoms with Crippen LogP contribution in [-0.4, -0.2) is 38.1 Å². The first kappa shape index (κ1) is 20.8. The Labute approximate surface area is 172 Å². The number of amides is 2. The van der Waals surface area contributed by atoms with Gasteiger partial charge in [0.15, 0.2) is 5.75 Å². The second-order valence-electron chi connectivity index (χ2n) is 6.00. The smallest absolute Gasteiger partial charge is 0.315 e. The predicted octanol–water partition coefficient (Wildman–Crippen LogP) is 3.45. The fraction of sp³-hybridized carbons (Fsp3) is 0.111. The van der Waals surface area contributed by atoms with E-state index in [1.807, 2.05) is 0 Å². The van der Waals surface area contributed by atoms with Gasteiger partial charge in [0, 0.05) is 17.7 Å². The second kappa shape index (κ2) is 8.21. The highest BCUT2D eigenvalue weighted by molar-refractivity contribution is 8.18. The second-order valence-corrected chi connectivity index (χ2v) is 6.99. The van der Waals surface area contributed by atoms with Gasteiger partial charge in [0.05, 0.1) is 28.4 Å². The van der Waals surface area contributed by atoms with Crippen LogP contribution in [0.3, 0.4) is 0 Å². The molecule has 1 heterocycles. The molecule has 0 unspecified atom stereocenters. The summed E-state index contributed by atoms with van der Waals surface area (Å²) in [5, 5.41) is 31.5. The van der Waals surface area contributed by atoms with Gasteiger partial charge in [-0.3, -0.25) is 34.7 Å². The lowest BCUT2D eigenvalue weighted by molar-refractivity contribution is -0.386. The van der Waals surface area contributed by atoms with Gasteiger partial charge in [-0.1, -0.05) is 18.2 Å². The first-order valence-electron chi connectivity index (χ1n) is 8.26.